The number of benzene rings is 2. The Balaban J connectivity index is 1.67. The summed E-state index contributed by atoms with van der Waals surface area (Å²) in [6.45, 7) is 6.55. The van der Waals surface area contributed by atoms with E-state index in [0.717, 1.165) is 11.3 Å². The van der Waals surface area contributed by atoms with Gasteiger partial charge in [0, 0.05) is 0 Å². The SMILES string of the molecule is CCOc1ccccc1C(=O)NC(C(=O)NC1COc2ccccc2C1)C(C)C. The van der Waals surface area contributed by atoms with Gasteiger partial charge in [0.15, 0.2) is 0 Å². The molecule has 0 spiro atoms. The van der Waals surface area contributed by atoms with Crippen LogP contribution < -0.4 is 20.1 Å². The molecule has 0 bridgehead atoms. The van der Waals surface area contributed by atoms with E-state index in [1.54, 1.807) is 18.2 Å². The molecular weight excluding hydrogens is 368 g/mol. The second kappa shape index (κ2) is 9.45. The molecule has 6 nitrogen and oxygen atoms in total. The lowest BCUT2D eigenvalue weighted by molar-refractivity contribution is -0.125. The van der Waals surface area contributed by atoms with Crippen molar-refractivity contribution < 1.29 is 19.1 Å². The van der Waals surface area contributed by atoms with Crippen molar-refractivity contribution in [3.8, 4) is 11.5 Å². The number of fused-ring (bicyclic) bond motifs is 1. The first-order valence-electron chi connectivity index (χ1n) is 10.0. The van der Waals surface area contributed by atoms with Crippen LogP contribution in [0.5, 0.6) is 11.5 Å². The minimum atomic E-state index is -0.658. The number of hydrogen-bond donors (Lipinski definition) is 2. The number of para-hydroxylation sites is 2. The Kier molecular flexibility index (Phi) is 6.75. The maximum atomic E-state index is 12.9. The first-order valence-corrected chi connectivity index (χ1v) is 10.0. The fourth-order valence-corrected chi connectivity index (χ4v) is 3.40. The van der Waals surface area contributed by atoms with Gasteiger partial charge in [0.1, 0.15) is 24.1 Å². The zero-order valence-electron chi connectivity index (χ0n) is 17.1. The van der Waals surface area contributed by atoms with Gasteiger partial charge in [-0.3, -0.25) is 9.59 Å². The maximum Gasteiger partial charge on any atom is 0.255 e. The van der Waals surface area contributed by atoms with E-state index >= 15 is 0 Å². The molecule has 2 N–H and O–H groups in total. The molecule has 2 aromatic carbocycles. The van der Waals surface area contributed by atoms with Gasteiger partial charge in [0.2, 0.25) is 5.91 Å². The topological polar surface area (TPSA) is 76.7 Å². The molecule has 0 saturated heterocycles. The molecule has 29 heavy (non-hydrogen) atoms. The second-order valence-electron chi connectivity index (χ2n) is 7.45. The minimum absolute atomic E-state index is 0.0741. The van der Waals surface area contributed by atoms with Gasteiger partial charge in [-0.1, -0.05) is 44.2 Å². The average Bonchev–Trinajstić information content (AvgIpc) is 2.72. The zero-order chi connectivity index (χ0) is 20.8. The molecule has 2 aromatic rings. The molecule has 1 aliphatic heterocycles. The van der Waals surface area contributed by atoms with Gasteiger partial charge in [-0.15, -0.1) is 0 Å². The van der Waals surface area contributed by atoms with Crippen LogP contribution in [0.25, 0.3) is 0 Å². The highest BCUT2D eigenvalue weighted by atomic mass is 16.5. The molecule has 2 atom stereocenters. The molecular formula is C23H28N2O4. The third-order valence-corrected chi connectivity index (χ3v) is 4.89. The third-order valence-electron chi connectivity index (χ3n) is 4.89. The summed E-state index contributed by atoms with van der Waals surface area (Å²) in [6.07, 6.45) is 0.702. The molecule has 154 valence electrons. The number of ether oxygens (including phenoxy) is 2. The average molecular weight is 396 g/mol. The molecule has 3 rings (SSSR count). The predicted molar refractivity (Wildman–Crippen MR) is 111 cm³/mol. The van der Waals surface area contributed by atoms with E-state index in [2.05, 4.69) is 10.6 Å². The summed E-state index contributed by atoms with van der Waals surface area (Å²) in [6, 6.07) is 14.1. The maximum absolute atomic E-state index is 12.9. The van der Waals surface area contributed by atoms with Gasteiger partial charge >= 0.3 is 0 Å². The third kappa shape index (κ3) is 5.08. The summed E-state index contributed by atoms with van der Waals surface area (Å²) in [7, 11) is 0. The van der Waals surface area contributed by atoms with Gasteiger partial charge in [-0.2, -0.15) is 0 Å². The van der Waals surface area contributed by atoms with E-state index in [-0.39, 0.29) is 23.8 Å². The van der Waals surface area contributed by atoms with Crippen molar-refractivity contribution in [2.75, 3.05) is 13.2 Å². The van der Waals surface area contributed by atoms with Crippen LogP contribution >= 0.6 is 0 Å². The molecule has 2 unspecified atom stereocenters. The van der Waals surface area contributed by atoms with Gasteiger partial charge in [-0.25, -0.2) is 0 Å². The van der Waals surface area contributed by atoms with Gasteiger partial charge in [0.05, 0.1) is 18.2 Å². The van der Waals surface area contributed by atoms with Crippen molar-refractivity contribution in [1.82, 2.24) is 10.6 Å². The standard InChI is InChI=1S/C23H28N2O4/c1-4-28-20-12-8-6-10-18(20)22(26)25-21(15(2)3)23(27)24-17-13-16-9-5-7-11-19(16)29-14-17/h5-12,15,17,21H,4,13-14H2,1-3H3,(H,24,27)(H,25,26). The Morgan fingerprint density at radius 1 is 1.14 bits per heavy atom. The molecule has 0 aromatic heterocycles. The van der Waals surface area contributed by atoms with Crippen molar-refractivity contribution in [3.63, 3.8) is 0 Å². The van der Waals surface area contributed by atoms with Crippen LogP contribution in [0, 0.1) is 5.92 Å². The van der Waals surface area contributed by atoms with Crippen LogP contribution in [0.1, 0.15) is 36.7 Å². The second-order valence-corrected chi connectivity index (χ2v) is 7.45. The summed E-state index contributed by atoms with van der Waals surface area (Å²) in [5.41, 5.74) is 1.49. The van der Waals surface area contributed by atoms with E-state index in [4.69, 9.17) is 9.47 Å². The largest absolute Gasteiger partial charge is 0.493 e. The molecule has 0 radical (unpaired) electrons. The zero-order valence-corrected chi connectivity index (χ0v) is 17.1. The molecule has 0 saturated carbocycles. The highest BCUT2D eigenvalue weighted by Gasteiger charge is 2.29. The quantitative estimate of drug-likeness (QED) is 0.754. The van der Waals surface area contributed by atoms with Gasteiger partial charge < -0.3 is 20.1 Å². The number of amides is 2. The van der Waals surface area contributed by atoms with Crippen molar-refractivity contribution >= 4 is 11.8 Å². The van der Waals surface area contributed by atoms with Crippen molar-refractivity contribution in [2.24, 2.45) is 5.92 Å². The van der Waals surface area contributed by atoms with Crippen molar-refractivity contribution in [3.05, 3.63) is 59.7 Å². The number of carbonyl (C=O) groups is 2. The normalized spacial score (nSPS) is 16.3. The Morgan fingerprint density at radius 3 is 2.62 bits per heavy atom. The Labute approximate surface area is 171 Å². The molecule has 0 aliphatic carbocycles. The summed E-state index contributed by atoms with van der Waals surface area (Å²) >= 11 is 0. The first kappa shape index (κ1) is 20.7. The lowest BCUT2D eigenvalue weighted by Gasteiger charge is -2.29. The van der Waals surface area contributed by atoms with Crippen LogP contribution in [-0.2, 0) is 11.2 Å². The van der Waals surface area contributed by atoms with E-state index in [1.807, 2.05) is 51.1 Å². The highest BCUT2D eigenvalue weighted by molar-refractivity contribution is 5.99. The number of nitrogens with one attached hydrogen (secondary N) is 2. The van der Waals surface area contributed by atoms with Crippen LogP contribution in [0.15, 0.2) is 48.5 Å². The lowest BCUT2D eigenvalue weighted by atomic mass is 9.99. The van der Waals surface area contributed by atoms with Crippen LogP contribution in [0.2, 0.25) is 0 Å². The van der Waals surface area contributed by atoms with Gasteiger partial charge in [-0.05, 0) is 43.0 Å². The fraction of sp³-hybridized carbons (Fsp3) is 0.391. The van der Waals surface area contributed by atoms with Crippen LogP contribution in [0.3, 0.4) is 0 Å². The molecule has 0 fully saturated rings. The smallest absolute Gasteiger partial charge is 0.255 e. The van der Waals surface area contributed by atoms with E-state index < -0.39 is 6.04 Å². The van der Waals surface area contributed by atoms with Crippen LogP contribution in [-0.4, -0.2) is 37.1 Å². The Morgan fingerprint density at radius 2 is 1.86 bits per heavy atom. The predicted octanol–water partition coefficient (Wildman–Crippen LogP) is 2.96. The molecule has 1 heterocycles. The molecule has 1 aliphatic rings. The number of hydrogen-bond acceptors (Lipinski definition) is 4. The van der Waals surface area contributed by atoms with E-state index in [0.29, 0.717) is 30.9 Å². The fourth-order valence-electron chi connectivity index (χ4n) is 3.40. The molecule has 6 heteroatoms. The van der Waals surface area contributed by atoms with Crippen LogP contribution in [0.4, 0.5) is 0 Å². The summed E-state index contributed by atoms with van der Waals surface area (Å²) in [4.78, 5) is 25.7. The van der Waals surface area contributed by atoms with Crippen molar-refractivity contribution in [2.45, 2.75) is 39.3 Å². The van der Waals surface area contributed by atoms with Crippen molar-refractivity contribution in [1.29, 1.82) is 0 Å². The summed E-state index contributed by atoms with van der Waals surface area (Å²) < 4.78 is 11.3. The van der Waals surface area contributed by atoms with E-state index in [9.17, 15) is 9.59 Å². The number of carbonyl (C=O) groups excluding carboxylic acids is 2. The molecule has 2 amide bonds. The number of rotatable bonds is 7. The van der Waals surface area contributed by atoms with Gasteiger partial charge in [0.25, 0.3) is 5.91 Å². The Hall–Kier alpha value is -3.02. The minimum Gasteiger partial charge on any atom is -0.493 e. The monoisotopic (exact) mass is 396 g/mol. The first-order chi connectivity index (χ1) is 14.0. The summed E-state index contributed by atoms with van der Waals surface area (Å²) in [5, 5.41) is 5.90. The van der Waals surface area contributed by atoms with E-state index in [1.165, 1.54) is 0 Å². The Bertz CT molecular complexity index is 865. The highest BCUT2D eigenvalue weighted by Crippen LogP contribution is 2.24. The summed E-state index contributed by atoms with van der Waals surface area (Å²) in [5.74, 6) is 0.755. The lowest BCUT2D eigenvalue weighted by Crippen LogP contribution is -2.54.